The molecule has 0 radical (unpaired) electrons. The number of nitrogens with zero attached hydrogens (tertiary/aromatic N) is 2. The van der Waals surface area contributed by atoms with Gasteiger partial charge in [-0.25, -0.2) is 4.98 Å². The fourth-order valence-electron chi connectivity index (χ4n) is 2.62. The molecule has 3 nitrogen and oxygen atoms in total. The molecule has 0 aliphatic rings. The number of hydrogen-bond acceptors (Lipinski definition) is 2. The lowest BCUT2D eigenvalue weighted by molar-refractivity contribution is 0.634. The van der Waals surface area contributed by atoms with E-state index in [-0.39, 0.29) is 6.04 Å². The molecule has 1 atom stereocenters. The van der Waals surface area contributed by atoms with Gasteiger partial charge >= 0.3 is 0 Å². The van der Waals surface area contributed by atoms with E-state index in [2.05, 4.69) is 37.6 Å². The Kier molecular flexibility index (Phi) is 4.85. The number of rotatable bonds is 4. The van der Waals surface area contributed by atoms with E-state index >= 15 is 0 Å². The summed E-state index contributed by atoms with van der Waals surface area (Å²) in [7, 11) is 2.00. The van der Waals surface area contributed by atoms with E-state index in [1.807, 2.05) is 49.6 Å². The molecule has 2 aromatic carbocycles. The molecule has 0 fully saturated rings. The third-order valence-electron chi connectivity index (χ3n) is 3.86. The van der Waals surface area contributed by atoms with E-state index in [1.165, 1.54) is 0 Å². The van der Waals surface area contributed by atoms with E-state index in [1.54, 1.807) is 0 Å². The Morgan fingerprint density at radius 3 is 2.43 bits per heavy atom. The van der Waals surface area contributed by atoms with E-state index < -0.39 is 0 Å². The molecule has 2 N–H and O–H groups in total. The van der Waals surface area contributed by atoms with Gasteiger partial charge in [-0.2, -0.15) is 0 Å². The number of hydrogen-bond donors (Lipinski definition) is 1. The molecule has 0 amide bonds. The van der Waals surface area contributed by atoms with Crippen molar-refractivity contribution >= 4 is 27.5 Å². The van der Waals surface area contributed by atoms with Crippen LogP contribution in [0.2, 0.25) is 5.02 Å². The molecule has 3 aromatic rings. The summed E-state index contributed by atoms with van der Waals surface area (Å²) in [6.07, 6.45) is 2.60. The van der Waals surface area contributed by atoms with Crippen LogP contribution in [0.15, 0.2) is 59.2 Å². The number of nitrogens with two attached hydrogens (primary N) is 1. The third-order valence-corrected chi connectivity index (χ3v) is 4.65. The monoisotopic (exact) mass is 389 g/mol. The maximum absolute atomic E-state index is 6.36. The Hall–Kier alpha value is -1.62. The molecule has 23 heavy (non-hydrogen) atoms. The molecule has 0 saturated heterocycles. The van der Waals surface area contributed by atoms with Crippen molar-refractivity contribution in [2.24, 2.45) is 12.8 Å². The predicted molar refractivity (Wildman–Crippen MR) is 98.4 cm³/mol. The van der Waals surface area contributed by atoms with Gasteiger partial charge in [-0.15, -0.1) is 0 Å². The van der Waals surface area contributed by atoms with Gasteiger partial charge in [0.2, 0.25) is 0 Å². The first-order chi connectivity index (χ1) is 11.0. The maximum Gasteiger partial charge on any atom is 0.126 e. The van der Waals surface area contributed by atoms with Crippen LogP contribution in [0.1, 0.15) is 17.4 Å². The van der Waals surface area contributed by atoms with E-state index in [0.29, 0.717) is 0 Å². The van der Waals surface area contributed by atoms with Crippen molar-refractivity contribution in [3.05, 3.63) is 75.6 Å². The molecule has 1 aromatic heterocycles. The fourth-order valence-corrected chi connectivity index (χ4v) is 3.01. The first-order valence-corrected chi connectivity index (χ1v) is 8.49. The van der Waals surface area contributed by atoms with Crippen molar-refractivity contribution in [1.82, 2.24) is 9.55 Å². The van der Waals surface area contributed by atoms with E-state index in [9.17, 15) is 0 Å². The number of aromatic nitrogens is 2. The quantitative estimate of drug-likeness (QED) is 0.699. The van der Waals surface area contributed by atoms with Crippen molar-refractivity contribution in [2.45, 2.75) is 12.5 Å². The van der Waals surface area contributed by atoms with Gasteiger partial charge in [0.1, 0.15) is 5.82 Å². The summed E-state index contributed by atoms with van der Waals surface area (Å²) in [6, 6.07) is 15.8. The van der Waals surface area contributed by atoms with E-state index in [4.69, 9.17) is 17.3 Å². The molecule has 118 valence electrons. The van der Waals surface area contributed by atoms with E-state index in [0.717, 1.165) is 38.6 Å². The first kappa shape index (κ1) is 16.2. The topological polar surface area (TPSA) is 43.8 Å². The highest BCUT2D eigenvalue weighted by Gasteiger charge is 2.15. The van der Waals surface area contributed by atoms with Gasteiger partial charge in [0.15, 0.2) is 0 Å². The summed E-state index contributed by atoms with van der Waals surface area (Å²) >= 11 is 9.38. The number of halogens is 2. The molecule has 1 heterocycles. The second kappa shape index (κ2) is 6.87. The van der Waals surface area contributed by atoms with Crippen molar-refractivity contribution in [1.29, 1.82) is 0 Å². The van der Waals surface area contributed by atoms with Crippen LogP contribution in [0.25, 0.3) is 11.3 Å². The molecule has 5 heteroatoms. The van der Waals surface area contributed by atoms with Crippen molar-refractivity contribution in [2.75, 3.05) is 0 Å². The second-order valence-electron chi connectivity index (χ2n) is 5.50. The summed E-state index contributed by atoms with van der Waals surface area (Å²) < 4.78 is 3.12. The molecule has 3 rings (SSSR count). The summed E-state index contributed by atoms with van der Waals surface area (Å²) in [5, 5.41) is 0.733. The summed E-state index contributed by atoms with van der Waals surface area (Å²) in [6.45, 7) is 0. The average Bonchev–Trinajstić information content (AvgIpc) is 2.92. The van der Waals surface area contributed by atoms with Crippen molar-refractivity contribution < 1.29 is 0 Å². The Labute approximate surface area is 149 Å². The molecule has 0 unspecified atom stereocenters. The van der Waals surface area contributed by atoms with Crippen LogP contribution in [0.4, 0.5) is 0 Å². The highest BCUT2D eigenvalue weighted by Crippen LogP contribution is 2.25. The third kappa shape index (κ3) is 3.66. The molecule has 0 aliphatic heterocycles. The molecule has 0 bridgehead atoms. The minimum absolute atomic E-state index is 0.162. The lowest BCUT2D eigenvalue weighted by Gasteiger charge is -2.13. The SMILES string of the molecule is Cn1c(-c2ccc(Br)cc2)cnc1[C@@H](N)Cc1ccc(Cl)cc1. The highest BCUT2D eigenvalue weighted by molar-refractivity contribution is 9.10. The van der Waals surface area contributed by atoms with Gasteiger partial charge in [0.05, 0.1) is 17.9 Å². The van der Waals surface area contributed by atoms with Crippen molar-refractivity contribution in [3.63, 3.8) is 0 Å². The normalized spacial score (nSPS) is 12.3. The zero-order chi connectivity index (χ0) is 16.4. The molecular formula is C18H17BrClN3. The number of benzene rings is 2. The second-order valence-corrected chi connectivity index (χ2v) is 6.86. The van der Waals surface area contributed by atoms with Crippen LogP contribution in [-0.4, -0.2) is 9.55 Å². The minimum atomic E-state index is -0.162. The van der Waals surface area contributed by atoms with Crippen LogP contribution >= 0.6 is 27.5 Å². The van der Waals surface area contributed by atoms with Gasteiger partial charge in [-0.3, -0.25) is 0 Å². The Morgan fingerprint density at radius 1 is 1.13 bits per heavy atom. The standard InChI is InChI=1S/C18H17BrClN3/c1-23-17(13-4-6-14(19)7-5-13)11-22-18(23)16(21)10-12-2-8-15(20)9-3-12/h2-9,11,16H,10,21H2,1H3/t16-/m0/s1. The summed E-state index contributed by atoms with van der Waals surface area (Å²) in [5.74, 6) is 0.873. The minimum Gasteiger partial charge on any atom is -0.330 e. The molecule has 0 saturated carbocycles. The van der Waals surface area contributed by atoms with Crippen LogP contribution in [-0.2, 0) is 13.5 Å². The highest BCUT2D eigenvalue weighted by atomic mass is 79.9. The van der Waals surface area contributed by atoms with Crippen LogP contribution in [0, 0.1) is 0 Å². The summed E-state index contributed by atoms with van der Waals surface area (Å²) in [5.41, 5.74) is 9.68. The van der Waals surface area contributed by atoms with Crippen molar-refractivity contribution in [3.8, 4) is 11.3 Å². The van der Waals surface area contributed by atoms with Gasteiger partial charge in [-0.05, 0) is 41.8 Å². The van der Waals surface area contributed by atoms with Crippen LogP contribution < -0.4 is 5.73 Å². The zero-order valence-corrected chi connectivity index (χ0v) is 15.1. The van der Waals surface area contributed by atoms with Crippen LogP contribution in [0.3, 0.4) is 0 Å². The lowest BCUT2D eigenvalue weighted by Crippen LogP contribution is -2.18. The Balaban J connectivity index is 1.83. The Morgan fingerprint density at radius 2 is 1.78 bits per heavy atom. The largest absolute Gasteiger partial charge is 0.330 e. The van der Waals surface area contributed by atoms with Gasteiger partial charge < -0.3 is 10.3 Å². The predicted octanol–water partition coefficient (Wildman–Crippen LogP) is 4.75. The number of imidazole rings is 1. The summed E-state index contributed by atoms with van der Waals surface area (Å²) in [4.78, 5) is 4.53. The molecular weight excluding hydrogens is 374 g/mol. The van der Waals surface area contributed by atoms with Gasteiger partial charge in [0.25, 0.3) is 0 Å². The van der Waals surface area contributed by atoms with Gasteiger partial charge in [0, 0.05) is 16.5 Å². The van der Waals surface area contributed by atoms with Gasteiger partial charge in [-0.1, -0.05) is 51.8 Å². The molecule has 0 aliphatic carbocycles. The average molecular weight is 391 g/mol. The zero-order valence-electron chi connectivity index (χ0n) is 12.7. The first-order valence-electron chi connectivity index (χ1n) is 7.32. The lowest BCUT2D eigenvalue weighted by atomic mass is 10.1. The maximum atomic E-state index is 6.36. The molecule has 0 spiro atoms. The van der Waals surface area contributed by atoms with Crippen LogP contribution in [0.5, 0.6) is 0 Å². The Bertz CT molecular complexity index is 794. The smallest absolute Gasteiger partial charge is 0.126 e. The fraction of sp³-hybridized carbons (Fsp3) is 0.167.